The van der Waals surface area contributed by atoms with Gasteiger partial charge in [0.2, 0.25) is 0 Å². The summed E-state index contributed by atoms with van der Waals surface area (Å²) in [6.07, 6.45) is 3.09. The zero-order chi connectivity index (χ0) is 20.9. The van der Waals surface area contributed by atoms with Crippen LogP contribution in [0.3, 0.4) is 0 Å². The van der Waals surface area contributed by atoms with Crippen molar-refractivity contribution >= 4 is 27.6 Å². The van der Waals surface area contributed by atoms with E-state index in [0.29, 0.717) is 25.3 Å². The summed E-state index contributed by atoms with van der Waals surface area (Å²) in [5.74, 6) is -3.73. The van der Waals surface area contributed by atoms with Crippen molar-refractivity contribution in [3.05, 3.63) is 46.2 Å². The highest BCUT2D eigenvalue weighted by atomic mass is 79.9. The fourth-order valence-corrected chi connectivity index (χ4v) is 3.43. The molecule has 1 unspecified atom stereocenters. The Balaban J connectivity index is 0.00000136. The molecule has 2 aromatic rings. The minimum absolute atomic E-state index is 0.262. The van der Waals surface area contributed by atoms with E-state index in [1.54, 1.807) is 29.6 Å². The van der Waals surface area contributed by atoms with E-state index in [0.717, 1.165) is 15.7 Å². The molecule has 0 aliphatic carbocycles. The molecule has 0 radical (unpaired) electrons. The van der Waals surface area contributed by atoms with Gasteiger partial charge in [0.25, 0.3) is 5.92 Å². The molecular formula is C20H26BrF2N3O2. The first kappa shape index (κ1) is 22.3. The van der Waals surface area contributed by atoms with Crippen molar-refractivity contribution in [3.63, 3.8) is 0 Å². The minimum atomic E-state index is -2.66. The Bertz CT molecular complexity index is 810. The van der Waals surface area contributed by atoms with Gasteiger partial charge in [0.1, 0.15) is 0 Å². The first-order chi connectivity index (χ1) is 13.3. The van der Waals surface area contributed by atoms with Crippen molar-refractivity contribution in [1.29, 1.82) is 0 Å². The number of anilines is 1. The van der Waals surface area contributed by atoms with Crippen LogP contribution in [0.5, 0.6) is 0 Å². The zero-order valence-electron chi connectivity index (χ0n) is 16.6. The van der Waals surface area contributed by atoms with Gasteiger partial charge in [-0.25, -0.2) is 13.6 Å². The van der Waals surface area contributed by atoms with Crippen LogP contribution in [0.15, 0.2) is 35.1 Å². The van der Waals surface area contributed by atoms with Crippen LogP contribution < -0.4 is 4.90 Å². The molecular weight excluding hydrogens is 432 g/mol. The molecule has 1 atom stereocenters. The molecule has 1 aliphatic rings. The molecule has 0 N–H and O–H groups in total. The Hall–Kier alpha value is -1.96. The third kappa shape index (κ3) is 5.10. The van der Waals surface area contributed by atoms with E-state index < -0.39 is 17.8 Å². The van der Waals surface area contributed by atoms with Gasteiger partial charge < -0.3 is 9.64 Å². The quantitative estimate of drug-likeness (QED) is 0.593. The van der Waals surface area contributed by atoms with Gasteiger partial charge in [-0.1, -0.05) is 42.8 Å². The Labute approximate surface area is 172 Å². The maximum absolute atomic E-state index is 13.8. The highest BCUT2D eigenvalue weighted by molar-refractivity contribution is 9.10. The van der Waals surface area contributed by atoms with Crippen LogP contribution in [0.2, 0.25) is 0 Å². The van der Waals surface area contributed by atoms with Gasteiger partial charge in [-0.2, -0.15) is 5.10 Å². The summed E-state index contributed by atoms with van der Waals surface area (Å²) in [4.78, 5) is 13.4. The van der Waals surface area contributed by atoms with Gasteiger partial charge in [0.15, 0.2) is 0 Å². The van der Waals surface area contributed by atoms with Gasteiger partial charge in [-0.15, -0.1) is 0 Å². The molecule has 1 aromatic heterocycles. The van der Waals surface area contributed by atoms with Crippen LogP contribution in [0.4, 0.5) is 14.5 Å². The van der Waals surface area contributed by atoms with E-state index in [2.05, 4.69) is 21.0 Å². The number of esters is 1. The summed E-state index contributed by atoms with van der Waals surface area (Å²) in [6, 6.07) is 5.56. The van der Waals surface area contributed by atoms with Crippen molar-refractivity contribution in [2.75, 3.05) is 24.6 Å². The standard InChI is InChI=1S/C18H20BrF2N3O2.C2H6/c1-3-26-17(25)14-7-22-24(10-14)9-13-4-5-15(6-16(13)19)23-8-12(2)18(20,21)11-23;1-2/h4-7,10,12H,3,8-9,11H2,1-2H3;1-2H3. The molecule has 1 saturated heterocycles. The van der Waals surface area contributed by atoms with Gasteiger partial charge in [-0.3, -0.25) is 4.68 Å². The lowest BCUT2D eigenvalue weighted by Gasteiger charge is -2.19. The number of benzene rings is 1. The van der Waals surface area contributed by atoms with Gasteiger partial charge in [0.05, 0.1) is 31.5 Å². The largest absolute Gasteiger partial charge is 0.462 e. The van der Waals surface area contributed by atoms with Crippen molar-refractivity contribution in [2.45, 2.75) is 40.2 Å². The number of rotatable bonds is 5. The van der Waals surface area contributed by atoms with Gasteiger partial charge in [0, 0.05) is 28.8 Å². The molecule has 8 heteroatoms. The van der Waals surface area contributed by atoms with Crippen LogP contribution in [0.1, 0.15) is 43.6 Å². The van der Waals surface area contributed by atoms with Crippen molar-refractivity contribution in [2.24, 2.45) is 5.92 Å². The fraction of sp³-hybridized carbons (Fsp3) is 0.500. The van der Waals surface area contributed by atoms with E-state index in [9.17, 15) is 13.6 Å². The lowest BCUT2D eigenvalue weighted by atomic mass is 10.1. The van der Waals surface area contributed by atoms with E-state index in [1.165, 1.54) is 6.20 Å². The minimum Gasteiger partial charge on any atom is -0.462 e. The molecule has 0 bridgehead atoms. The molecule has 154 valence electrons. The Kier molecular flexibility index (Phi) is 7.57. The Morgan fingerprint density at radius 2 is 2.11 bits per heavy atom. The molecule has 1 fully saturated rings. The SMILES string of the molecule is CC.CCOC(=O)c1cnn(Cc2ccc(N3CC(C)C(F)(F)C3)cc2Br)c1. The third-order valence-corrected chi connectivity index (χ3v) is 5.23. The number of hydrogen-bond donors (Lipinski definition) is 0. The number of ether oxygens (including phenoxy) is 1. The molecule has 0 spiro atoms. The van der Waals surface area contributed by atoms with Crippen LogP contribution in [0, 0.1) is 5.92 Å². The molecule has 2 heterocycles. The monoisotopic (exact) mass is 457 g/mol. The number of alkyl halides is 2. The maximum Gasteiger partial charge on any atom is 0.341 e. The van der Waals surface area contributed by atoms with Crippen molar-refractivity contribution in [3.8, 4) is 0 Å². The first-order valence-corrected chi connectivity index (χ1v) is 10.2. The molecule has 28 heavy (non-hydrogen) atoms. The second kappa shape index (κ2) is 9.49. The number of hydrogen-bond acceptors (Lipinski definition) is 4. The van der Waals surface area contributed by atoms with E-state index in [1.807, 2.05) is 32.0 Å². The molecule has 1 aromatic carbocycles. The third-order valence-electron chi connectivity index (χ3n) is 4.50. The molecule has 1 aliphatic heterocycles. The topological polar surface area (TPSA) is 47.4 Å². The zero-order valence-corrected chi connectivity index (χ0v) is 18.2. The second-order valence-corrected chi connectivity index (χ2v) is 7.32. The fourth-order valence-electron chi connectivity index (χ4n) is 2.94. The highest BCUT2D eigenvalue weighted by Crippen LogP contribution is 2.36. The van der Waals surface area contributed by atoms with Crippen molar-refractivity contribution in [1.82, 2.24) is 9.78 Å². The smallest absolute Gasteiger partial charge is 0.341 e. The number of carbonyl (C=O) groups is 1. The Morgan fingerprint density at radius 1 is 1.39 bits per heavy atom. The predicted octanol–water partition coefficient (Wildman–Crippen LogP) is 4.99. The number of aromatic nitrogens is 2. The summed E-state index contributed by atoms with van der Waals surface area (Å²) in [5, 5.41) is 4.17. The van der Waals surface area contributed by atoms with Crippen LogP contribution >= 0.6 is 15.9 Å². The lowest BCUT2D eigenvalue weighted by Crippen LogP contribution is -2.26. The predicted molar refractivity (Wildman–Crippen MR) is 109 cm³/mol. The van der Waals surface area contributed by atoms with E-state index in [-0.39, 0.29) is 6.54 Å². The lowest BCUT2D eigenvalue weighted by molar-refractivity contribution is -0.0137. The summed E-state index contributed by atoms with van der Waals surface area (Å²) in [6.45, 7) is 8.15. The number of halogens is 3. The summed E-state index contributed by atoms with van der Waals surface area (Å²) in [5.41, 5.74) is 2.09. The van der Waals surface area contributed by atoms with E-state index in [4.69, 9.17) is 4.74 Å². The number of nitrogens with zero attached hydrogens (tertiary/aromatic N) is 3. The van der Waals surface area contributed by atoms with Crippen molar-refractivity contribution < 1.29 is 18.3 Å². The molecule has 3 rings (SSSR count). The van der Waals surface area contributed by atoms with E-state index >= 15 is 0 Å². The second-order valence-electron chi connectivity index (χ2n) is 6.47. The van der Waals surface area contributed by atoms with Crippen LogP contribution in [-0.4, -0.2) is 41.4 Å². The first-order valence-electron chi connectivity index (χ1n) is 9.41. The number of carbonyl (C=O) groups excluding carboxylic acids is 1. The summed E-state index contributed by atoms with van der Waals surface area (Å²) >= 11 is 3.51. The average molecular weight is 458 g/mol. The van der Waals surface area contributed by atoms with Crippen LogP contribution in [-0.2, 0) is 11.3 Å². The molecule has 0 saturated carbocycles. The van der Waals surface area contributed by atoms with Gasteiger partial charge >= 0.3 is 5.97 Å². The average Bonchev–Trinajstić information content (AvgIpc) is 3.23. The Morgan fingerprint density at radius 3 is 2.68 bits per heavy atom. The molecule has 0 amide bonds. The molecule has 5 nitrogen and oxygen atoms in total. The normalized spacial score (nSPS) is 17.8. The highest BCUT2D eigenvalue weighted by Gasteiger charge is 2.45. The van der Waals surface area contributed by atoms with Gasteiger partial charge in [-0.05, 0) is 24.6 Å². The maximum atomic E-state index is 13.8. The summed E-state index contributed by atoms with van der Waals surface area (Å²) < 4.78 is 34.9. The van der Waals surface area contributed by atoms with Crippen LogP contribution in [0.25, 0.3) is 0 Å². The summed E-state index contributed by atoms with van der Waals surface area (Å²) in [7, 11) is 0.